The van der Waals surface area contributed by atoms with E-state index >= 15 is 0 Å². The Balaban J connectivity index is 0.000000430. The third-order valence-corrected chi connectivity index (χ3v) is 7.97. The lowest BCUT2D eigenvalue weighted by Gasteiger charge is -2.37. The minimum absolute atomic E-state index is 0.0255. The first-order valence-electron chi connectivity index (χ1n) is 14.3. The standard InChI is InChI=1S/C23H25BrF3N3O.C5H10O2.C2H6/c24-15-7-8-18-16(13-15)22(9-3-10-22)21(31)30(18)14-20-28-17-5-1-2-6-19(17)29(20)12-4-11-23(25,26)27;1-4(2)7-5(3)6;1-2/h7-8,13H,1-6,9-12,14H2;4H,1-3H3;1-2H3. The molecular formula is C30H41BrF3N3O3. The van der Waals surface area contributed by atoms with Crippen molar-refractivity contribution in [2.75, 3.05) is 4.90 Å². The summed E-state index contributed by atoms with van der Waals surface area (Å²) in [6, 6.07) is 5.96. The van der Waals surface area contributed by atoms with Gasteiger partial charge in [-0.3, -0.25) is 9.59 Å². The van der Waals surface area contributed by atoms with Crippen molar-refractivity contribution in [3.05, 3.63) is 45.4 Å². The quantitative estimate of drug-likeness (QED) is 0.306. The summed E-state index contributed by atoms with van der Waals surface area (Å²) in [6.07, 6.45) is 1.60. The summed E-state index contributed by atoms with van der Waals surface area (Å²) in [4.78, 5) is 30.2. The number of esters is 1. The lowest BCUT2D eigenvalue weighted by atomic mass is 9.65. The number of carbonyl (C=O) groups excluding carboxylic acids is 2. The predicted octanol–water partition coefficient (Wildman–Crippen LogP) is 7.82. The summed E-state index contributed by atoms with van der Waals surface area (Å²) >= 11 is 3.53. The van der Waals surface area contributed by atoms with Gasteiger partial charge < -0.3 is 14.2 Å². The van der Waals surface area contributed by atoms with E-state index in [1.54, 1.807) is 0 Å². The Morgan fingerprint density at radius 3 is 2.38 bits per heavy atom. The number of halogens is 4. The smallest absolute Gasteiger partial charge is 0.389 e. The van der Waals surface area contributed by atoms with Crippen LogP contribution in [-0.4, -0.2) is 33.7 Å². The van der Waals surface area contributed by atoms with Gasteiger partial charge >= 0.3 is 12.1 Å². The number of anilines is 1. The second-order valence-corrected chi connectivity index (χ2v) is 11.6. The summed E-state index contributed by atoms with van der Waals surface area (Å²) < 4.78 is 45.8. The zero-order chi connectivity index (χ0) is 29.7. The van der Waals surface area contributed by atoms with Crippen LogP contribution in [0.2, 0.25) is 0 Å². The Hall–Kier alpha value is -2.36. The Bertz CT molecular complexity index is 1190. The first-order chi connectivity index (χ1) is 18.9. The topological polar surface area (TPSA) is 64.4 Å². The van der Waals surface area contributed by atoms with Crippen LogP contribution in [0, 0.1) is 0 Å². The number of benzene rings is 1. The molecule has 0 bridgehead atoms. The largest absolute Gasteiger partial charge is 0.463 e. The number of rotatable bonds is 6. The van der Waals surface area contributed by atoms with Gasteiger partial charge in [-0.2, -0.15) is 13.2 Å². The van der Waals surface area contributed by atoms with E-state index in [4.69, 9.17) is 4.98 Å². The number of nitrogens with zero attached hydrogens (tertiary/aromatic N) is 3. The van der Waals surface area contributed by atoms with Gasteiger partial charge in [0.2, 0.25) is 5.91 Å². The maximum absolute atomic E-state index is 13.5. The van der Waals surface area contributed by atoms with Gasteiger partial charge in [0.05, 0.1) is 23.8 Å². The van der Waals surface area contributed by atoms with Gasteiger partial charge in [0, 0.05) is 35.7 Å². The fourth-order valence-electron chi connectivity index (χ4n) is 5.73. The number of imidazole rings is 1. The molecule has 2 aromatic rings. The van der Waals surface area contributed by atoms with Gasteiger partial charge in [-0.25, -0.2) is 4.98 Å². The molecule has 1 aliphatic heterocycles. The van der Waals surface area contributed by atoms with Gasteiger partial charge in [0.1, 0.15) is 5.82 Å². The third-order valence-electron chi connectivity index (χ3n) is 7.48. The van der Waals surface area contributed by atoms with Crippen LogP contribution in [-0.2, 0) is 45.7 Å². The summed E-state index contributed by atoms with van der Waals surface area (Å²) in [5.41, 5.74) is 3.60. The summed E-state index contributed by atoms with van der Waals surface area (Å²) in [7, 11) is 0. The molecule has 0 unspecified atom stereocenters. The SMILES string of the molecule is CC.CC(=O)OC(C)C.O=C1N(Cc2nc3c(n2CCCC(F)(F)F)CCCC3)c2ccc(Br)cc2C12CCC2. The number of amides is 1. The Kier molecular flexibility index (Phi) is 10.9. The minimum atomic E-state index is -4.16. The predicted molar refractivity (Wildman–Crippen MR) is 153 cm³/mol. The van der Waals surface area contributed by atoms with E-state index in [1.165, 1.54) is 6.92 Å². The van der Waals surface area contributed by atoms with Crippen LogP contribution in [0.3, 0.4) is 0 Å². The first kappa shape index (κ1) is 32.2. The molecule has 3 aliphatic rings. The first-order valence-corrected chi connectivity index (χ1v) is 15.1. The van der Waals surface area contributed by atoms with E-state index in [-0.39, 0.29) is 30.9 Å². The molecule has 6 nitrogen and oxygen atoms in total. The van der Waals surface area contributed by atoms with Crippen LogP contribution in [0.15, 0.2) is 22.7 Å². The van der Waals surface area contributed by atoms with Gasteiger partial charge in [0.15, 0.2) is 0 Å². The molecule has 2 aliphatic carbocycles. The zero-order valence-electron chi connectivity index (χ0n) is 24.2. The minimum Gasteiger partial charge on any atom is -0.463 e. The van der Waals surface area contributed by atoms with Gasteiger partial charge in [-0.05, 0) is 82.6 Å². The van der Waals surface area contributed by atoms with Crippen LogP contribution in [0.1, 0.15) is 102 Å². The number of carbonyl (C=O) groups is 2. The van der Waals surface area contributed by atoms with Crippen molar-refractivity contribution in [3.63, 3.8) is 0 Å². The Morgan fingerprint density at radius 2 is 1.82 bits per heavy atom. The molecule has 1 fully saturated rings. The molecule has 0 N–H and O–H groups in total. The Morgan fingerprint density at radius 1 is 1.15 bits per heavy atom. The van der Waals surface area contributed by atoms with E-state index < -0.39 is 18.0 Å². The highest BCUT2D eigenvalue weighted by Gasteiger charge is 2.54. The van der Waals surface area contributed by atoms with Crippen LogP contribution in [0.4, 0.5) is 18.9 Å². The van der Waals surface area contributed by atoms with Crippen molar-refractivity contribution in [2.45, 2.75) is 123 Å². The molecule has 1 spiro atoms. The second kappa shape index (κ2) is 13.5. The number of aryl methyl sites for hydroxylation is 1. The molecule has 5 rings (SSSR count). The Labute approximate surface area is 243 Å². The van der Waals surface area contributed by atoms with E-state index in [0.717, 1.165) is 72.1 Å². The number of alkyl halides is 3. The zero-order valence-corrected chi connectivity index (χ0v) is 25.8. The molecule has 40 heavy (non-hydrogen) atoms. The molecule has 10 heteroatoms. The molecule has 1 aromatic carbocycles. The van der Waals surface area contributed by atoms with E-state index in [1.807, 2.05) is 55.4 Å². The molecule has 0 saturated heterocycles. The highest BCUT2D eigenvalue weighted by atomic mass is 79.9. The van der Waals surface area contributed by atoms with Crippen molar-refractivity contribution in [1.29, 1.82) is 0 Å². The van der Waals surface area contributed by atoms with Crippen molar-refractivity contribution in [1.82, 2.24) is 9.55 Å². The average Bonchev–Trinajstić information content (AvgIpc) is 3.31. The molecule has 1 amide bonds. The highest BCUT2D eigenvalue weighted by Crippen LogP contribution is 2.54. The lowest BCUT2D eigenvalue weighted by Crippen LogP contribution is -2.45. The molecule has 1 saturated carbocycles. The monoisotopic (exact) mass is 627 g/mol. The molecule has 1 aromatic heterocycles. The van der Waals surface area contributed by atoms with Crippen molar-refractivity contribution in [2.24, 2.45) is 0 Å². The van der Waals surface area contributed by atoms with E-state index in [2.05, 4.69) is 20.7 Å². The second-order valence-electron chi connectivity index (χ2n) is 10.6. The third kappa shape index (κ3) is 7.28. The van der Waals surface area contributed by atoms with Crippen molar-refractivity contribution < 1.29 is 27.5 Å². The van der Waals surface area contributed by atoms with Crippen LogP contribution in [0.5, 0.6) is 0 Å². The lowest BCUT2D eigenvalue weighted by molar-refractivity contribution is -0.144. The number of hydrogen-bond donors (Lipinski definition) is 0. The molecular weight excluding hydrogens is 587 g/mol. The van der Waals surface area contributed by atoms with Crippen molar-refractivity contribution >= 4 is 33.5 Å². The number of hydrogen-bond acceptors (Lipinski definition) is 4. The van der Waals surface area contributed by atoms with E-state index in [0.29, 0.717) is 12.4 Å². The van der Waals surface area contributed by atoms with Gasteiger partial charge in [0.25, 0.3) is 0 Å². The van der Waals surface area contributed by atoms with E-state index in [9.17, 15) is 22.8 Å². The summed E-state index contributed by atoms with van der Waals surface area (Å²) in [5, 5.41) is 0. The average molecular weight is 629 g/mol. The number of ether oxygens (including phenoxy) is 1. The fraction of sp³-hybridized carbons (Fsp3) is 0.633. The summed E-state index contributed by atoms with van der Waals surface area (Å²) in [5.74, 6) is 0.609. The molecule has 0 radical (unpaired) electrons. The fourth-order valence-corrected chi connectivity index (χ4v) is 6.09. The van der Waals surface area contributed by atoms with Gasteiger partial charge in [-0.15, -0.1) is 0 Å². The van der Waals surface area contributed by atoms with Crippen LogP contribution >= 0.6 is 15.9 Å². The number of fused-ring (bicyclic) bond motifs is 3. The van der Waals surface area contributed by atoms with Crippen LogP contribution in [0.25, 0.3) is 0 Å². The maximum atomic E-state index is 13.5. The molecule has 0 atom stereocenters. The molecule has 2 heterocycles. The maximum Gasteiger partial charge on any atom is 0.389 e. The van der Waals surface area contributed by atoms with Gasteiger partial charge in [-0.1, -0.05) is 36.2 Å². The normalized spacial score (nSPS) is 16.9. The summed E-state index contributed by atoms with van der Waals surface area (Å²) in [6.45, 7) is 9.65. The molecule has 222 valence electrons. The highest BCUT2D eigenvalue weighted by molar-refractivity contribution is 9.10. The number of aromatic nitrogens is 2. The van der Waals surface area contributed by atoms with Crippen molar-refractivity contribution in [3.8, 4) is 0 Å². The van der Waals surface area contributed by atoms with Crippen LogP contribution < -0.4 is 4.90 Å².